The smallest absolute Gasteiger partial charge is 0.309 e. The molecule has 50 heavy (non-hydrogen) atoms. The SMILES string of the molecule is CC1(C)c2ccccc2N(c2ccc(C#N)cc2-c2cc(C(F)(F)F)ccc2N2c3ccccc3C(C)(C)c3ccccc32)c2ccccc21. The molecule has 6 heteroatoms. The summed E-state index contributed by atoms with van der Waals surface area (Å²) < 4.78 is 43.9. The number of halogens is 3. The van der Waals surface area contributed by atoms with Crippen LogP contribution in [0.3, 0.4) is 0 Å². The number of anilines is 6. The molecule has 8 rings (SSSR count). The molecule has 3 nitrogen and oxygen atoms in total. The maximum Gasteiger partial charge on any atom is 0.416 e. The summed E-state index contributed by atoms with van der Waals surface area (Å²) in [6.07, 6.45) is -4.59. The minimum absolute atomic E-state index is 0.328. The summed E-state index contributed by atoms with van der Waals surface area (Å²) in [5, 5.41) is 10.2. The summed E-state index contributed by atoms with van der Waals surface area (Å²) >= 11 is 0. The molecule has 0 radical (unpaired) electrons. The van der Waals surface area contributed by atoms with Crippen molar-refractivity contribution >= 4 is 34.1 Å². The summed E-state index contributed by atoms with van der Waals surface area (Å²) in [4.78, 5) is 4.22. The molecule has 0 atom stereocenters. The highest BCUT2D eigenvalue weighted by Gasteiger charge is 2.40. The van der Waals surface area contributed by atoms with Crippen molar-refractivity contribution in [3.63, 3.8) is 0 Å². The third-order valence-electron chi connectivity index (χ3n) is 10.5. The third kappa shape index (κ3) is 4.64. The summed E-state index contributed by atoms with van der Waals surface area (Å²) in [6.45, 7) is 8.74. The van der Waals surface area contributed by atoms with Gasteiger partial charge in [0.25, 0.3) is 0 Å². The molecule has 0 unspecified atom stereocenters. The van der Waals surface area contributed by atoms with Crippen LogP contribution in [0.15, 0.2) is 133 Å². The highest BCUT2D eigenvalue weighted by atomic mass is 19.4. The molecule has 2 aliphatic heterocycles. The van der Waals surface area contributed by atoms with E-state index in [4.69, 9.17) is 0 Å². The Balaban J connectivity index is 1.47. The fourth-order valence-electron chi connectivity index (χ4n) is 8.00. The van der Waals surface area contributed by atoms with E-state index in [1.54, 1.807) is 18.2 Å². The lowest BCUT2D eigenvalue weighted by Gasteiger charge is -2.43. The van der Waals surface area contributed by atoms with Gasteiger partial charge in [0.05, 0.1) is 51.3 Å². The van der Waals surface area contributed by atoms with E-state index >= 15 is 0 Å². The Kier molecular flexibility index (Phi) is 6.99. The Morgan fingerprint density at radius 3 is 1.22 bits per heavy atom. The van der Waals surface area contributed by atoms with Gasteiger partial charge < -0.3 is 9.80 Å². The van der Waals surface area contributed by atoms with Gasteiger partial charge in [-0.3, -0.25) is 0 Å². The molecular weight excluding hydrogens is 627 g/mol. The maximum absolute atomic E-state index is 14.6. The van der Waals surface area contributed by atoms with Crippen LogP contribution >= 0.6 is 0 Å². The topological polar surface area (TPSA) is 30.3 Å². The molecule has 6 aromatic rings. The first-order valence-electron chi connectivity index (χ1n) is 16.7. The van der Waals surface area contributed by atoms with E-state index in [0.29, 0.717) is 28.1 Å². The lowest BCUT2D eigenvalue weighted by atomic mass is 9.73. The van der Waals surface area contributed by atoms with Crippen LogP contribution in [0.5, 0.6) is 0 Å². The van der Waals surface area contributed by atoms with Gasteiger partial charge in [-0.05, 0) is 82.9 Å². The molecule has 6 aromatic carbocycles. The van der Waals surface area contributed by atoms with Crippen LogP contribution in [0.2, 0.25) is 0 Å². The van der Waals surface area contributed by atoms with E-state index in [0.717, 1.165) is 51.1 Å². The zero-order chi connectivity index (χ0) is 35.0. The highest BCUT2D eigenvalue weighted by molar-refractivity contribution is 5.99. The average Bonchev–Trinajstić information content (AvgIpc) is 3.12. The molecular formula is C44H34F3N3. The van der Waals surface area contributed by atoms with Gasteiger partial charge in [-0.2, -0.15) is 18.4 Å². The number of benzene rings is 6. The van der Waals surface area contributed by atoms with E-state index in [1.807, 2.05) is 66.7 Å². The van der Waals surface area contributed by atoms with Crippen molar-refractivity contribution < 1.29 is 13.2 Å². The molecule has 0 aliphatic carbocycles. The van der Waals surface area contributed by atoms with Crippen LogP contribution in [-0.4, -0.2) is 0 Å². The number of hydrogen-bond donors (Lipinski definition) is 0. The average molecular weight is 662 g/mol. The normalized spacial score (nSPS) is 15.3. The van der Waals surface area contributed by atoms with Crippen LogP contribution in [0.4, 0.5) is 47.3 Å². The lowest BCUT2D eigenvalue weighted by Crippen LogP contribution is -2.31. The number of hydrogen-bond acceptors (Lipinski definition) is 3. The first-order valence-corrected chi connectivity index (χ1v) is 16.7. The number of rotatable bonds is 3. The number of alkyl halides is 3. The molecule has 0 fully saturated rings. The van der Waals surface area contributed by atoms with E-state index < -0.39 is 11.7 Å². The predicted octanol–water partition coefficient (Wildman–Crippen LogP) is 12.5. The summed E-state index contributed by atoms with van der Waals surface area (Å²) in [7, 11) is 0. The predicted molar refractivity (Wildman–Crippen MR) is 195 cm³/mol. The Morgan fingerprint density at radius 1 is 0.480 bits per heavy atom. The Labute approximate surface area is 290 Å². The summed E-state index contributed by atoms with van der Waals surface area (Å²) in [6, 6.07) is 44.1. The van der Waals surface area contributed by atoms with Gasteiger partial charge in [-0.15, -0.1) is 0 Å². The highest BCUT2D eigenvalue weighted by Crippen LogP contribution is 2.57. The van der Waals surface area contributed by atoms with Crippen LogP contribution < -0.4 is 9.80 Å². The van der Waals surface area contributed by atoms with Crippen LogP contribution in [0.25, 0.3) is 11.1 Å². The molecule has 0 saturated heterocycles. The zero-order valence-corrected chi connectivity index (χ0v) is 28.2. The quantitative estimate of drug-likeness (QED) is 0.189. The Hall–Kier alpha value is -5.80. The molecule has 2 aliphatic rings. The van der Waals surface area contributed by atoms with Gasteiger partial charge in [0, 0.05) is 22.0 Å². The third-order valence-corrected chi connectivity index (χ3v) is 10.5. The second kappa shape index (κ2) is 11.1. The van der Waals surface area contributed by atoms with Gasteiger partial charge in [0.15, 0.2) is 0 Å². The van der Waals surface area contributed by atoms with Gasteiger partial charge in [-0.25, -0.2) is 0 Å². The number of fused-ring (bicyclic) bond motifs is 4. The van der Waals surface area contributed by atoms with Crippen molar-refractivity contribution in [2.24, 2.45) is 0 Å². The first-order chi connectivity index (χ1) is 23.9. The minimum Gasteiger partial charge on any atom is -0.309 e. The fraction of sp³-hybridized carbons (Fsp3) is 0.159. The molecule has 0 N–H and O–H groups in total. The van der Waals surface area contributed by atoms with Crippen molar-refractivity contribution in [1.29, 1.82) is 5.26 Å². The standard InChI is InChI=1S/C44H34F3N3/c1-42(2)32-13-5-9-17-38(32)49(39-18-10-6-14-33(39)42)36-23-21-28(27-48)25-30(36)31-26-29(44(45,46)47)22-24-37(31)50-40-19-11-7-15-34(40)43(3,4)35-16-8-12-20-41(35)50/h5-26H,1-4H3. The lowest BCUT2D eigenvalue weighted by molar-refractivity contribution is -0.137. The Bertz CT molecular complexity index is 2260. The minimum atomic E-state index is -4.59. The largest absolute Gasteiger partial charge is 0.416 e. The van der Waals surface area contributed by atoms with Gasteiger partial charge in [0.1, 0.15) is 0 Å². The Morgan fingerprint density at radius 2 is 0.840 bits per heavy atom. The summed E-state index contributed by atoms with van der Waals surface area (Å²) in [5.41, 5.74) is 9.06. The maximum atomic E-state index is 14.6. The molecule has 0 spiro atoms. The number of nitriles is 1. The zero-order valence-electron chi connectivity index (χ0n) is 28.2. The van der Waals surface area contributed by atoms with E-state index in [-0.39, 0.29) is 10.8 Å². The van der Waals surface area contributed by atoms with E-state index in [1.165, 1.54) is 6.07 Å². The fourth-order valence-corrected chi connectivity index (χ4v) is 8.00. The van der Waals surface area contributed by atoms with Crippen LogP contribution in [-0.2, 0) is 17.0 Å². The van der Waals surface area contributed by atoms with Crippen molar-refractivity contribution in [3.05, 3.63) is 167 Å². The van der Waals surface area contributed by atoms with Crippen molar-refractivity contribution in [3.8, 4) is 17.2 Å². The first kappa shape index (κ1) is 31.5. The molecule has 0 amide bonds. The molecule has 0 bridgehead atoms. The van der Waals surface area contributed by atoms with Crippen LogP contribution in [0.1, 0.15) is 61.1 Å². The van der Waals surface area contributed by atoms with Gasteiger partial charge in [-0.1, -0.05) is 100 Å². The van der Waals surface area contributed by atoms with Crippen LogP contribution in [0, 0.1) is 11.3 Å². The monoisotopic (exact) mass is 661 g/mol. The molecule has 0 saturated carbocycles. The van der Waals surface area contributed by atoms with Gasteiger partial charge in [0.2, 0.25) is 0 Å². The number of nitrogens with zero attached hydrogens (tertiary/aromatic N) is 3. The molecule has 246 valence electrons. The van der Waals surface area contributed by atoms with Crippen molar-refractivity contribution in [1.82, 2.24) is 0 Å². The van der Waals surface area contributed by atoms with Gasteiger partial charge >= 0.3 is 6.18 Å². The molecule has 0 aromatic heterocycles. The number of para-hydroxylation sites is 4. The van der Waals surface area contributed by atoms with Crippen molar-refractivity contribution in [2.45, 2.75) is 44.7 Å². The van der Waals surface area contributed by atoms with E-state index in [2.05, 4.69) is 80.0 Å². The van der Waals surface area contributed by atoms with E-state index in [9.17, 15) is 18.4 Å². The second-order valence-electron chi connectivity index (χ2n) is 14.1. The van der Waals surface area contributed by atoms with Crippen molar-refractivity contribution in [2.75, 3.05) is 9.80 Å². The summed E-state index contributed by atoms with van der Waals surface area (Å²) in [5.74, 6) is 0. The second-order valence-corrected chi connectivity index (χ2v) is 14.1. The molecule has 2 heterocycles.